The SMILES string of the molecule is [CH2]C(CCOC=O)(CCOC(C)=O)OC(=O)CC. The van der Waals surface area contributed by atoms with Crippen molar-refractivity contribution < 1.29 is 28.6 Å². The molecule has 6 nitrogen and oxygen atoms in total. The number of carbonyl (C=O) groups excluding carboxylic acids is 3. The molecule has 103 valence electrons. The van der Waals surface area contributed by atoms with Gasteiger partial charge in [-0.1, -0.05) is 6.92 Å². The lowest BCUT2D eigenvalue weighted by molar-refractivity contribution is -0.159. The molecule has 0 aromatic heterocycles. The zero-order valence-corrected chi connectivity index (χ0v) is 10.8. The molecule has 6 heteroatoms. The van der Waals surface area contributed by atoms with E-state index in [0.717, 1.165) is 0 Å². The van der Waals surface area contributed by atoms with Gasteiger partial charge in [0.05, 0.1) is 13.2 Å². The number of ether oxygens (including phenoxy) is 3. The second kappa shape index (κ2) is 8.49. The molecule has 0 spiro atoms. The van der Waals surface area contributed by atoms with Crippen molar-refractivity contribution in [3.05, 3.63) is 6.92 Å². The molecule has 0 bridgehead atoms. The summed E-state index contributed by atoms with van der Waals surface area (Å²) in [6.07, 6.45) is 0.721. The first kappa shape index (κ1) is 16.4. The highest BCUT2D eigenvalue weighted by Gasteiger charge is 2.28. The smallest absolute Gasteiger partial charge is 0.306 e. The summed E-state index contributed by atoms with van der Waals surface area (Å²) >= 11 is 0. The molecule has 0 rings (SSSR count). The van der Waals surface area contributed by atoms with Gasteiger partial charge in [-0.15, -0.1) is 0 Å². The van der Waals surface area contributed by atoms with Gasteiger partial charge in [0.25, 0.3) is 6.47 Å². The fraction of sp³-hybridized carbons (Fsp3) is 0.667. The minimum atomic E-state index is -1.05. The van der Waals surface area contributed by atoms with Crippen LogP contribution in [0.25, 0.3) is 0 Å². The highest BCUT2D eigenvalue weighted by molar-refractivity contribution is 5.69. The third-order valence-electron chi connectivity index (χ3n) is 2.23. The Balaban J connectivity index is 4.32. The van der Waals surface area contributed by atoms with Crippen molar-refractivity contribution in [3.8, 4) is 0 Å². The fourth-order valence-electron chi connectivity index (χ4n) is 1.21. The molecular formula is C12H19O6. The maximum absolute atomic E-state index is 11.3. The van der Waals surface area contributed by atoms with Gasteiger partial charge in [0.15, 0.2) is 0 Å². The summed E-state index contributed by atoms with van der Waals surface area (Å²) in [6, 6.07) is 0. The van der Waals surface area contributed by atoms with Crippen LogP contribution >= 0.6 is 0 Å². The average Bonchev–Trinajstić information content (AvgIpc) is 2.28. The lowest BCUT2D eigenvalue weighted by Gasteiger charge is -2.28. The van der Waals surface area contributed by atoms with E-state index < -0.39 is 17.5 Å². The third-order valence-corrected chi connectivity index (χ3v) is 2.23. The highest BCUT2D eigenvalue weighted by Crippen LogP contribution is 2.21. The zero-order valence-electron chi connectivity index (χ0n) is 10.8. The van der Waals surface area contributed by atoms with Crippen molar-refractivity contribution in [2.45, 2.75) is 38.7 Å². The number of carbonyl (C=O) groups is 3. The van der Waals surface area contributed by atoms with E-state index in [1.165, 1.54) is 6.92 Å². The summed E-state index contributed by atoms with van der Waals surface area (Å²) in [5, 5.41) is 0. The first-order valence-corrected chi connectivity index (χ1v) is 5.69. The molecule has 18 heavy (non-hydrogen) atoms. The van der Waals surface area contributed by atoms with Crippen LogP contribution in [-0.2, 0) is 28.6 Å². The standard InChI is InChI=1S/C12H19O6/c1-4-11(15)18-12(3,5-7-16-9-13)6-8-17-10(2)14/h9H,3-8H2,1-2H3. The molecule has 0 aromatic carbocycles. The van der Waals surface area contributed by atoms with Gasteiger partial charge in [-0.3, -0.25) is 14.4 Å². The van der Waals surface area contributed by atoms with E-state index in [-0.39, 0.29) is 32.5 Å². The predicted octanol–water partition coefficient (Wildman–Crippen LogP) is 1.03. The van der Waals surface area contributed by atoms with E-state index in [9.17, 15) is 14.4 Å². The van der Waals surface area contributed by atoms with E-state index in [4.69, 9.17) is 9.47 Å². The molecule has 0 N–H and O–H groups in total. The second-order valence-electron chi connectivity index (χ2n) is 3.82. The van der Waals surface area contributed by atoms with Crippen LogP contribution in [0, 0.1) is 6.92 Å². The van der Waals surface area contributed by atoms with Gasteiger partial charge >= 0.3 is 11.9 Å². The van der Waals surface area contributed by atoms with Crippen molar-refractivity contribution in [1.29, 1.82) is 0 Å². The molecular weight excluding hydrogens is 240 g/mol. The maximum atomic E-state index is 11.3. The average molecular weight is 259 g/mol. The van der Waals surface area contributed by atoms with Crippen LogP contribution in [-0.4, -0.2) is 37.2 Å². The van der Waals surface area contributed by atoms with Crippen LogP contribution in [0.5, 0.6) is 0 Å². The summed E-state index contributed by atoms with van der Waals surface area (Å²) < 4.78 is 14.5. The van der Waals surface area contributed by atoms with Crippen molar-refractivity contribution >= 4 is 18.4 Å². The van der Waals surface area contributed by atoms with Gasteiger partial charge in [0, 0.05) is 26.2 Å². The maximum Gasteiger partial charge on any atom is 0.306 e. The Morgan fingerprint density at radius 1 is 1.28 bits per heavy atom. The van der Waals surface area contributed by atoms with Gasteiger partial charge < -0.3 is 14.2 Å². The van der Waals surface area contributed by atoms with Gasteiger partial charge in [-0.05, 0) is 6.92 Å². The van der Waals surface area contributed by atoms with Gasteiger partial charge in [-0.25, -0.2) is 0 Å². The molecule has 1 atom stereocenters. The van der Waals surface area contributed by atoms with Crippen LogP contribution in [0.2, 0.25) is 0 Å². The van der Waals surface area contributed by atoms with Crippen molar-refractivity contribution in [1.82, 2.24) is 0 Å². The second-order valence-corrected chi connectivity index (χ2v) is 3.82. The molecule has 0 fully saturated rings. The van der Waals surface area contributed by atoms with Crippen molar-refractivity contribution in [2.75, 3.05) is 13.2 Å². The van der Waals surface area contributed by atoms with Crippen molar-refractivity contribution in [3.63, 3.8) is 0 Å². The Hall–Kier alpha value is -1.59. The van der Waals surface area contributed by atoms with E-state index in [0.29, 0.717) is 6.47 Å². The van der Waals surface area contributed by atoms with Crippen LogP contribution in [0.15, 0.2) is 0 Å². The van der Waals surface area contributed by atoms with Crippen LogP contribution < -0.4 is 0 Å². The first-order valence-electron chi connectivity index (χ1n) is 5.69. The Labute approximate surface area is 107 Å². The van der Waals surface area contributed by atoms with Crippen LogP contribution in [0.3, 0.4) is 0 Å². The van der Waals surface area contributed by atoms with E-state index in [2.05, 4.69) is 11.7 Å². The topological polar surface area (TPSA) is 78.9 Å². The summed E-state index contributed by atoms with van der Waals surface area (Å²) in [7, 11) is 0. The lowest BCUT2D eigenvalue weighted by atomic mass is 9.98. The van der Waals surface area contributed by atoms with Gasteiger partial charge in [-0.2, -0.15) is 0 Å². The Morgan fingerprint density at radius 2 is 1.89 bits per heavy atom. The molecule has 0 amide bonds. The Kier molecular flexibility index (Phi) is 7.74. The minimum absolute atomic E-state index is 0.0874. The van der Waals surface area contributed by atoms with E-state index in [1.54, 1.807) is 6.92 Å². The van der Waals surface area contributed by atoms with Gasteiger partial charge in [0.2, 0.25) is 0 Å². The molecule has 0 saturated heterocycles. The molecule has 0 heterocycles. The molecule has 0 saturated carbocycles. The molecule has 0 aromatic rings. The normalized spacial score (nSPS) is 13.3. The highest BCUT2D eigenvalue weighted by atomic mass is 16.6. The van der Waals surface area contributed by atoms with Crippen molar-refractivity contribution in [2.24, 2.45) is 0 Å². The summed E-state index contributed by atoms with van der Waals surface area (Å²) in [5.74, 6) is -0.817. The monoisotopic (exact) mass is 259 g/mol. The third kappa shape index (κ3) is 7.65. The Morgan fingerprint density at radius 3 is 2.39 bits per heavy atom. The summed E-state index contributed by atoms with van der Waals surface area (Å²) in [6.45, 7) is 7.24. The largest absolute Gasteiger partial charge is 0.468 e. The van der Waals surface area contributed by atoms with E-state index >= 15 is 0 Å². The number of hydrogen-bond donors (Lipinski definition) is 0. The molecule has 1 unspecified atom stereocenters. The number of esters is 2. The first-order chi connectivity index (χ1) is 8.43. The van der Waals surface area contributed by atoms with Crippen LogP contribution in [0.1, 0.15) is 33.1 Å². The predicted molar refractivity (Wildman–Crippen MR) is 62.4 cm³/mol. The molecule has 0 aliphatic rings. The quantitative estimate of drug-likeness (QED) is 0.266. The molecule has 0 aliphatic heterocycles. The molecule has 0 aliphatic carbocycles. The molecule has 1 radical (unpaired) electrons. The summed E-state index contributed by atoms with van der Waals surface area (Å²) in [4.78, 5) is 32.0. The van der Waals surface area contributed by atoms with E-state index in [1.807, 2.05) is 0 Å². The number of rotatable bonds is 9. The van der Waals surface area contributed by atoms with Crippen LogP contribution in [0.4, 0.5) is 0 Å². The zero-order chi connectivity index (χ0) is 14.0. The number of hydrogen-bond acceptors (Lipinski definition) is 6. The summed E-state index contributed by atoms with van der Waals surface area (Å²) in [5.41, 5.74) is -1.05. The minimum Gasteiger partial charge on any atom is -0.468 e. The fourth-order valence-corrected chi connectivity index (χ4v) is 1.21. The van der Waals surface area contributed by atoms with Gasteiger partial charge in [0.1, 0.15) is 5.60 Å². The Bertz CT molecular complexity index is 288. The lowest BCUT2D eigenvalue weighted by Crippen LogP contribution is -2.35.